The van der Waals surface area contributed by atoms with E-state index in [1.54, 1.807) is 0 Å². The van der Waals surface area contributed by atoms with Crippen LogP contribution in [0.2, 0.25) is 0 Å². The summed E-state index contributed by atoms with van der Waals surface area (Å²) < 4.78 is 0. The number of allylic oxidation sites excluding steroid dienone is 2. The van der Waals surface area contributed by atoms with Crippen LogP contribution in [0, 0.1) is 0 Å². The van der Waals surface area contributed by atoms with E-state index in [1.807, 2.05) is 0 Å². The van der Waals surface area contributed by atoms with Gasteiger partial charge in [-0.25, -0.2) is 0 Å². The summed E-state index contributed by atoms with van der Waals surface area (Å²) in [6.07, 6.45) is 29.4. The molecule has 30 heavy (non-hydrogen) atoms. The largest absolute Gasteiger partial charge is 0.371 e. The van der Waals surface area contributed by atoms with Gasteiger partial charge in [0.05, 0.1) is 0 Å². The number of hydrogen-bond donors (Lipinski definition) is 1. The van der Waals surface area contributed by atoms with Crippen molar-refractivity contribution in [1.82, 2.24) is 5.48 Å². The Kier molecular flexibility index (Phi) is 31.3. The van der Waals surface area contributed by atoms with Gasteiger partial charge in [0.25, 0.3) is 0 Å². The van der Waals surface area contributed by atoms with Crippen molar-refractivity contribution >= 4 is 5.97 Å². The molecule has 0 unspecified atom stereocenters. The minimum atomic E-state index is -0.103. The summed E-state index contributed by atoms with van der Waals surface area (Å²) in [5, 5.41) is 0. The van der Waals surface area contributed by atoms with Crippen molar-refractivity contribution in [2.24, 2.45) is 0 Å². The predicted octanol–water partition coefficient (Wildman–Crippen LogP) is 8.43. The summed E-state index contributed by atoms with van der Waals surface area (Å²) in [6, 6.07) is 0. The first-order valence-corrected chi connectivity index (χ1v) is 12.9. The van der Waals surface area contributed by atoms with Gasteiger partial charge in [0.2, 0.25) is 0 Å². The molecule has 0 aliphatic heterocycles. The van der Waals surface area contributed by atoms with Gasteiger partial charge in [0.1, 0.15) is 0 Å². The van der Waals surface area contributed by atoms with Crippen LogP contribution in [0.15, 0.2) is 12.2 Å². The summed E-state index contributed by atoms with van der Waals surface area (Å²) >= 11 is 0. The van der Waals surface area contributed by atoms with E-state index >= 15 is 0 Å². The van der Waals surface area contributed by atoms with Crippen LogP contribution < -0.4 is 5.48 Å². The Morgan fingerprint density at radius 2 is 1.07 bits per heavy atom. The molecule has 1 N–H and O–H groups in total. The fourth-order valence-electron chi connectivity index (χ4n) is 3.50. The quantitative estimate of drug-likeness (QED) is 0.0634. The number of nitrogens with one attached hydrogen (secondary N) is 1. The van der Waals surface area contributed by atoms with Crippen molar-refractivity contribution in [3.8, 4) is 0 Å². The van der Waals surface area contributed by atoms with Gasteiger partial charge in [0, 0.05) is 40.3 Å². The average molecular weight is 522 g/mol. The van der Waals surface area contributed by atoms with Crippen molar-refractivity contribution in [2.45, 2.75) is 142 Å². The summed E-state index contributed by atoms with van der Waals surface area (Å²) in [6.45, 7) is 5.29. The molecular formula is C26H51CdNO2. The predicted molar refractivity (Wildman–Crippen MR) is 127 cm³/mol. The average Bonchev–Trinajstić information content (AvgIpc) is 2.72. The van der Waals surface area contributed by atoms with Gasteiger partial charge in [0.15, 0.2) is 0 Å². The number of unbranched alkanes of at least 4 members (excludes halogenated alkanes) is 16. The number of carbonyl (C=O) groups excluding carboxylic acids is 1. The molecule has 0 heterocycles. The maximum atomic E-state index is 11.7. The van der Waals surface area contributed by atoms with E-state index in [0.29, 0.717) is 6.42 Å². The van der Waals surface area contributed by atoms with Crippen molar-refractivity contribution in [3.05, 3.63) is 12.2 Å². The van der Waals surface area contributed by atoms with Gasteiger partial charge in [-0.3, -0.25) is 4.79 Å². The molecule has 0 spiro atoms. The zero-order valence-electron chi connectivity index (χ0n) is 20.5. The number of hydrogen-bond acceptors (Lipinski definition) is 3. The Balaban J connectivity index is 0. The van der Waals surface area contributed by atoms with E-state index in [0.717, 1.165) is 25.8 Å². The van der Waals surface area contributed by atoms with Crippen LogP contribution in [0.1, 0.15) is 142 Å². The topological polar surface area (TPSA) is 38.3 Å². The normalized spacial score (nSPS) is 11.0. The number of rotatable bonds is 23. The second-order valence-corrected chi connectivity index (χ2v) is 8.47. The van der Waals surface area contributed by atoms with Gasteiger partial charge >= 0.3 is 5.97 Å². The molecule has 3 nitrogen and oxygen atoms in total. The van der Waals surface area contributed by atoms with E-state index in [2.05, 4.69) is 31.5 Å². The maximum Gasteiger partial charge on any atom is 0.324 e. The molecule has 4 heteroatoms. The van der Waals surface area contributed by atoms with Crippen LogP contribution in [0.3, 0.4) is 0 Å². The molecule has 0 aromatic heterocycles. The Labute approximate surface area is 208 Å². The third kappa shape index (κ3) is 28.1. The first kappa shape index (κ1) is 32.3. The molecule has 0 radical (unpaired) electrons. The molecule has 174 valence electrons. The van der Waals surface area contributed by atoms with Crippen LogP contribution in [-0.2, 0) is 36.9 Å². The van der Waals surface area contributed by atoms with Gasteiger partial charge < -0.3 is 4.84 Å². The second kappa shape index (κ2) is 29.1. The van der Waals surface area contributed by atoms with Gasteiger partial charge in [-0.2, -0.15) is 5.48 Å². The van der Waals surface area contributed by atoms with Gasteiger partial charge in [-0.15, -0.1) is 0 Å². The standard InChI is InChI=1S/C26H51NO2.Cd/c1-3-5-7-9-11-12-13-14-15-16-17-18-19-20-22-24-26(28)29-27-25-23-21-10-8-6-4-2;/h14-15,27H,3-13,16-25H2,1-2H3;/b15-14-;. The molecular weight excluding hydrogens is 471 g/mol. The van der Waals surface area contributed by atoms with Crippen molar-refractivity contribution in [3.63, 3.8) is 0 Å². The number of hydroxylamine groups is 1. The molecule has 0 atom stereocenters. The van der Waals surface area contributed by atoms with Crippen molar-refractivity contribution in [2.75, 3.05) is 6.54 Å². The van der Waals surface area contributed by atoms with Crippen LogP contribution in [0.4, 0.5) is 0 Å². The first-order valence-electron chi connectivity index (χ1n) is 12.9. The fraction of sp³-hybridized carbons (Fsp3) is 0.885. The number of carbonyl (C=O) groups is 1. The van der Waals surface area contributed by atoms with E-state index < -0.39 is 0 Å². The molecule has 0 rings (SSSR count). The van der Waals surface area contributed by atoms with E-state index in [9.17, 15) is 4.79 Å². The maximum absolute atomic E-state index is 11.7. The summed E-state index contributed by atoms with van der Waals surface area (Å²) in [4.78, 5) is 16.7. The minimum absolute atomic E-state index is 0. The van der Waals surface area contributed by atoms with Crippen LogP contribution >= 0.6 is 0 Å². The summed E-state index contributed by atoms with van der Waals surface area (Å²) in [5.41, 5.74) is 2.82. The molecule has 0 aliphatic rings. The van der Waals surface area contributed by atoms with Crippen LogP contribution in [0.25, 0.3) is 0 Å². The van der Waals surface area contributed by atoms with Crippen LogP contribution in [-0.4, -0.2) is 12.5 Å². The molecule has 0 aliphatic carbocycles. The van der Waals surface area contributed by atoms with Gasteiger partial charge in [-0.05, 0) is 38.5 Å². The second-order valence-electron chi connectivity index (χ2n) is 8.47. The monoisotopic (exact) mass is 523 g/mol. The molecule has 0 saturated carbocycles. The van der Waals surface area contributed by atoms with E-state index in [-0.39, 0.29) is 33.3 Å². The molecule has 0 aromatic carbocycles. The molecule has 0 saturated heterocycles. The first-order chi connectivity index (χ1) is 14.3. The Bertz CT molecular complexity index is 361. The third-order valence-electron chi connectivity index (χ3n) is 5.46. The summed E-state index contributed by atoms with van der Waals surface area (Å²) in [5.74, 6) is -0.103. The smallest absolute Gasteiger partial charge is 0.324 e. The molecule has 0 fully saturated rings. The van der Waals surface area contributed by atoms with Crippen LogP contribution in [0.5, 0.6) is 0 Å². The Hall–Kier alpha value is 0.0921. The summed E-state index contributed by atoms with van der Waals surface area (Å²) in [7, 11) is 0. The van der Waals surface area contributed by atoms with E-state index in [4.69, 9.17) is 4.84 Å². The zero-order valence-corrected chi connectivity index (χ0v) is 24.6. The Morgan fingerprint density at radius 1 is 0.633 bits per heavy atom. The molecule has 0 amide bonds. The van der Waals surface area contributed by atoms with E-state index in [1.165, 1.54) is 103 Å². The fourth-order valence-corrected chi connectivity index (χ4v) is 3.50. The third-order valence-corrected chi connectivity index (χ3v) is 5.46. The SMILES string of the molecule is CCCCCCCC/C=C\CCCCCCCC(=O)ONCCCCCCCC.[Cd]. The molecule has 0 bridgehead atoms. The zero-order chi connectivity index (χ0) is 21.3. The van der Waals surface area contributed by atoms with Gasteiger partial charge in [-0.1, -0.05) is 109 Å². The molecule has 0 aromatic rings. The minimum Gasteiger partial charge on any atom is -0.371 e. The van der Waals surface area contributed by atoms with Crippen molar-refractivity contribution < 1.29 is 36.9 Å². The Morgan fingerprint density at radius 3 is 1.60 bits per heavy atom. The van der Waals surface area contributed by atoms with Crippen molar-refractivity contribution in [1.29, 1.82) is 0 Å².